The van der Waals surface area contributed by atoms with Crippen molar-refractivity contribution in [3.05, 3.63) is 88.0 Å². The number of para-hydroxylation sites is 3. The normalized spacial score (nSPS) is 19.7. The van der Waals surface area contributed by atoms with Crippen molar-refractivity contribution < 1.29 is 15.3 Å². The Balaban J connectivity index is 1.50. The smallest absolute Gasteiger partial charge is 0.123 e. The van der Waals surface area contributed by atoms with Crippen molar-refractivity contribution in [2.75, 3.05) is 0 Å². The van der Waals surface area contributed by atoms with Gasteiger partial charge in [0, 0.05) is 22.6 Å². The number of phenolic OH excluding ortho intramolecular Hbond substituents is 3. The van der Waals surface area contributed by atoms with Gasteiger partial charge in [-0.2, -0.15) is 0 Å². The van der Waals surface area contributed by atoms with Gasteiger partial charge in [0.25, 0.3) is 0 Å². The molecule has 0 amide bonds. The highest BCUT2D eigenvalue weighted by Crippen LogP contribution is 2.50. The van der Waals surface area contributed by atoms with E-state index in [9.17, 15) is 15.3 Å². The Morgan fingerprint density at radius 3 is 0.950 bits per heavy atom. The van der Waals surface area contributed by atoms with Crippen LogP contribution in [0.3, 0.4) is 0 Å². The first kappa shape index (κ1) is 27.2. The van der Waals surface area contributed by atoms with E-state index in [2.05, 4.69) is 36.4 Å². The quantitative estimate of drug-likeness (QED) is 0.274. The molecular formula is C37H46O3. The second-order valence-electron chi connectivity index (χ2n) is 12.8. The van der Waals surface area contributed by atoms with E-state index < -0.39 is 5.92 Å². The summed E-state index contributed by atoms with van der Waals surface area (Å²) in [6.45, 7) is 0. The lowest BCUT2D eigenvalue weighted by molar-refractivity contribution is 0.402. The van der Waals surface area contributed by atoms with Crippen molar-refractivity contribution in [3.63, 3.8) is 0 Å². The molecule has 6 rings (SSSR count). The van der Waals surface area contributed by atoms with Crippen molar-refractivity contribution in [3.8, 4) is 17.2 Å². The first-order valence-corrected chi connectivity index (χ1v) is 16.1. The minimum absolute atomic E-state index is 0.337. The van der Waals surface area contributed by atoms with Crippen molar-refractivity contribution >= 4 is 0 Å². The minimum Gasteiger partial charge on any atom is -0.507 e. The van der Waals surface area contributed by atoms with Crippen LogP contribution in [-0.4, -0.2) is 15.3 Å². The van der Waals surface area contributed by atoms with Gasteiger partial charge in [-0.3, -0.25) is 0 Å². The van der Waals surface area contributed by atoms with E-state index in [0.717, 1.165) is 71.9 Å². The molecule has 3 fully saturated rings. The van der Waals surface area contributed by atoms with Gasteiger partial charge in [-0.25, -0.2) is 0 Å². The van der Waals surface area contributed by atoms with E-state index in [1.165, 1.54) is 57.8 Å². The van der Waals surface area contributed by atoms with E-state index in [0.29, 0.717) is 35.0 Å². The first-order valence-electron chi connectivity index (χ1n) is 16.1. The molecule has 0 saturated heterocycles. The topological polar surface area (TPSA) is 60.7 Å². The lowest BCUT2D eigenvalue weighted by Gasteiger charge is -2.30. The van der Waals surface area contributed by atoms with Crippen LogP contribution in [0.15, 0.2) is 54.6 Å². The predicted molar refractivity (Wildman–Crippen MR) is 163 cm³/mol. The average Bonchev–Trinajstić information content (AvgIpc) is 3.01. The second kappa shape index (κ2) is 12.3. The Morgan fingerprint density at radius 2 is 0.675 bits per heavy atom. The monoisotopic (exact) mass is 538 g/mol. The standard InChI is InChI=1S/C37H46O3/c38-35-28(25-13-4-1-5-14-25)19-10-22-31(35)34(32-23-11-20-29(36(32)39)26-15-6-2-7-16-26)33-24-12-21-30(37(33)40)27-17-8-3-9-18-27/h10-12,19-27,34,38-40H,1-9,13-18H2. The van der Waals surface area contributed by atoms with E-state index in [1.807, 2.05) is 18.2 Å². The van der Waals surface area contributed by atoms with Gasteiger partial charge in [0.15, 0.2) is 0 Å². The molecule has 3 aromatic carbocycles. The number of aromatic hydroxyl groups is 3. The third kappa shape index (κ3) is 5.37. The maximum absolute atomic E-state index is 11.9. The predicted octanol–water partition coefficient (Wildman–Crippen LogP) is 10.1. The molecule has 3 aliphatic rings. The number of phenols is 3. The molecule has 212 valence electrons. The number of hydrogen-bond donors (Lipinski definition) is 3. The minimum atomic E-state index is -0.448. The summed E-state index contributed by atoms with van der Waals surface area (Å²) >= 11 is 0. The van der Waals surface area contributed by atoms with Gasteiger partial charge in [-0.15, -0.1) is 0 Å². The molecule has 0 unspecified atom stereocenters. The van der Waals surface area contributed by atoms with E-state index in [4.69, 9.17) is 0 Å². The highest BCUT2D eigenvalue weighted by molar-refractivity contribution is 5.60. The lowest BCUT2D eigenvalue weighted by Crippen LogP contribution is -2.12. The Morgan fingerprint density at radius 1 is 0.400 bits per heavy atom. The van der Waals surface area contributed by atoms with Gasteiger partial charge < -0.3 is 15.3 Å². The van der Waals surface area contributed by atoms with Gasteiger partial charge in [0.1, 0.15) is 17.2 Å². The van der Waals surface area contributed by atoms with Crippen LogP contribution in [0.4, 0.5) is 0 Å². The SMILES string of the molecule is Oc1c(C2CCCCC2)cccc1C(c1cccc(C2CCCCC2)c1O)c1cccc(C2CCCCC2)c1O. The van der Waals surface area contributed by atoms with Crippen LogP contribution < -0.4 is 0 Å². The third-order valence-corrected chi connectivity index (χ3v) is 10.4. The molecule has 40 heavy (non-hydrogen) atoms. The van der Waals surface area contributed by atoms with Crippen LogP contribution in [-0.2, 0) is 0 Å². The summed E-state index contributed by atoms with van der Waals surface area (Å²) in [6.07, 6.45) is 17.6. The van der Waals surface area contributed by atoms with Crippen LogP contribution >= 0.6 is 0 Å². The van der Waals surface area contributed by atoms with Crippen LogP contribution in [0.25, 0.3) is 0 Å². The maximum atomic E-state index is 11.9. The Bertz CT molecular complexity index is 1130. The molecule has 0 aromatic heterocycles. The second-order valence-corrected chi connectivity index (χ2v) is 12.8. The molecule has 3 N–H and O–H groups in total. The molecule has 0 spiro atoms. The number of benzene rings is 3. The molecule has 0 atom stereocenters. The molecule has 0 bridgehead atoms. The highest BCUT2D eigenvalue weighted by Gasteiger charge is 2.32. The fraction of sp³-hybridized carbons (Fsp3) is 0.514. The molecule has 0 heterocycles. The largest absolute Gasteiger partial charge is 0.507 e. The van der Waals surface area contributed by atoms with Crippen LogP contribution in [0.5, 0.6) is 17.2 Å². The Labute approximate surface area is 240 Å². The first-order chi connectivity index (χ1) is 19.6. The van der Waals surface area contributed by atoms with Gasteiger partial charge in [0.2, 0.25) is 0 Å². The Hall–Kier alpha value is -2.94. The number of hydrogen-bond acceptors (Lipinski definition) is 3. The van der Waals surface area contributed by atoms with Crippen molar-refractivity contribution in [2.24, 2.45) is 0 Å². The van der Waals surface area contributed by atoms with E-state index in [-0.39, 0.29) is 0 Å². The molecule has 3 saturated carbocycles. The lowest BCUT2D eigenvalue weighted by atomic mass is 9.76. The summed E-state index contributed by atoms with van der Waals surface area (Å²) in [5.41, 5.74) is 5.43. The van der Waals surface area contributed by atoms with Gasteiger partial charge in [-0.05, 0) is 73.0 Å². The van der Waals surface area contributed by atoms with Crippen LogP contribution in [0, 0.1) is 0 Å². The van der Waals surface area contributed by atoms with Gasteiger partial charge in [0.05, 0.1) is 0 Å². The third-order valence-electron chi connectivity index (χ3n) is 10.4. The maximum Gasteiger partial charge on any atom is 0.123 e. The van der Waals surface area contributed by atoms with Crippen molar-refractivity contribution in [2.45, 2.75) is 120 Å². The zero-order valence-corrected chi connectivity index (χ0v) is 24.0. The molecule has 3 nitrogen and oxygen atoms in total. The van der Waals surface area contributed by atoms with Crippen molar-refractivity contribution in [1.82, 2.24) is 0 Å². The van der Waals surface area contributed by atoms with E-state index >= 15 is 0 Å². The van der Waals surface area contributed by atoms with E-state index in [1.54, 1.807) is 0 Å². The molecule has 3 aromatic rings. The van der Waals surface area contributed by atoms with Crippen LogP contribution in [0.2, 0.25) is 0 Å². The summed E-state index contributed by atoms with van der Waals surface area (Å²) < 4.78 is 0. The molecule has 3 aliphatic carbocycles. The van der Waals surface area contributed by atoms with Crippen molar-refractivity contribution in [1.29, 1.82) is 0 Å². The average molecular weight is 539 g/mol. The summed E-state index contributed by atoms with van der Waals surface area (Å²) in [6, 6.07) is 18.5. The van der Waals surface area contributed by atoms with Crippen LogP contribution in [0.1, 0.15) is 153 Å². The zero-order valence-electron chi connectivity index (χ0n) is 24.0. The summed E-state index contributed by atoms with van der Waals surface area (Å²) in [5, 5.41) is 35.7. The summed E-state index contributed by atoms with van der Waals surface area (Å²) in [4.78, 5) is 0. The molecule has 0 radical (unpaired) electrons. The summed E-state index contributed by atoms with van der Waals surface area (Å²) in [5.74, 6) is 1.64. The zero-order chi connectivity index (χ0) is 27.5. The fourth-order valence-corrected chi connectivity index (χ4v) is 8.17. The highest BCUT2D eigenvalue weighted by atomic mass is 16.3. The van der Waals surface area contributed by atoms with Gasteiger partial charge in [-0.1, -0.05) is 112 Å². The number of rotatable bonds is 6. The molecule has 3 heteroatoms. The Kier molecular flexibility index (Phi) is 8.37. The molecular weight excluding hydrogens is 492 g/mol. The fourth-order valence-electron chi connectivity index (χ4n) is 8.17. The molecule has 0 aliphatic heterocycles. The van der Waals surface area contributed by atoms with Gasteiger partial charge >= 0.3 is 0 Å². The summed E-state index contributed by atoms with van der Waals surface area (Å²) in [7, 11) is 0.